The van der Waals surface area contributed by atoms with Gasteiger partial charge in [0.2, 0.25) is 5.91 Å². The summed E-state index contributed by atoms with van der Waals surface area (Å²) >= 11 is 0. The molecule has 1 atom stereocenters. The number of nitrogens with zero attached hydrogens (tertiary/aromatic N) is 1. The lowest BCUT2D eigenvalue weighted by molar-refractivity contribution is -0.126. The Morgan fingerprint density at radius 3 is 2.74 bits per heavy atom. The van der Waals surface area contributed by atoms with Crippen LogP contribution >= 0.6 is 0 Å². The Bertz CT molecular complexity index is 462. The Kier molecular flexibility index (Phi) is 4.27. The molecule has 0 unspecified atom stereocenters. The average molecular weight is 264 g/mol. The molecule has 1 aromatic carbocycles. The van der Waals surface area contributed by atoms with Gasteiger partial charge in [-0.2, -0.15) is 0 Å². The number of hydrogen-bond acceptors (Lipinski definition) is 4. The Balaban J connectivity index is 2.02. The molecule has 1 heterocycles. The molecule has 5 heteroatoms. The highest BCUT2D eigenvalue weighted by Crippen LogP contribution is 2.30. The van der Waals surface area contributed by atoms with E-state index in [1.54, 1.807) is 19.1 Å². The van der Waals surface area contributed by atoms with Gasteiger partial charge in [-0.25, -0.2) is 0 Å². The van der Waals surface area contributed by atoms with E-state index < -0.39 is 0 Å². The highest BCUT2D eigenvalue weighted by molar-refractivity contribution is 5.78. The third kappa shape index (κ3) is 2.98. The summed E-state index contributed by atoms with van der Waals surface area (Å²) in [5, 5.41) is 3.39. The summed E-state index contributed by atoms with van der Waals surface area (Å²) in [4.78, 5) is 13.2. The molecule has 0 aliphatic carbocycles. The first-order chi connectivity index (χ1) is 9.15. The van der Waals surface area contributed by atoms with Crippen molar-refractivity contribution in [3.8, 4) is 11.5 Å². The van der Waals surface area contributed by atoms with Gasteiger partial charge in [-0.05, 0) is 6.07 Å². The first-order valence-corrected chi connectivity index (χ1v) is 6.33. The van der Waals surface area contributed by atoms with Crippen molar-refractivity contribution < 1.29 is 14.3 Å². The number of carbonyl (C=O) groups excluding carboxylic acids is 1. The van der Waals surface area contributed by atoms with Crippen molar-refractivity contribution in [1.82, 2.24) is 10.2 Å². The monoisotopic (exact) mass is 264 g/mol. The van der Waals surface area contributed by atoms with E-state index in [2.05, 4.69) is 5.32 Å². The van der Waals surface area contributed by atoms with Crippen LogP contribution in [0.25, 0.3) is 0 Å². The molecule has 19 heavy (non-hydrogen) atoms. The molecule has 0 aromatic heterocycles. The summed E-state index contributed by atoms with van der Waals surface area (Å²) in [5.74, 6) is 1.66. The summed E-state index contributed by atoms with van der Waals surface area (Å²) in [6.45, 7) is 1.41. The quantitative estimate of drug-likeness (QED) is 0.863. The number of benzene rings is 1. The van der Waals surface area contributed by atoms with E-state index in [0.29, 0.717) is 13.0 Å². The second-order valence-corrected chi connectivity index (χ2v) is 4.71. The molecule has 0 spiro atoms. The molecule has 1 aromatic rings. The third-order valence-corrected chi connectivity index (χ3v) is 3.41. The molecule has 1 fully saturated rings. The number of ether oxygens (including phenoxy) is 2. The number of rotatable bonds is 5. The van der Waals surface area contributed by atoms with Crippen LogP contribution in [0.5, 0.6) is 11.5 Å². The van der Waals surface area contributed by atoms with Crippen LogP contribution in [0, 0.1) is 0 Å². The van der Waals surface area contributed by atoms with Crippen molar-refractivity contribution >= 4 is 5.91 Å². The normalized spacial score (nSPS) is 18.8. The van der Waals surface area contributed by atoms with Crippen LogP contribution in [-0.4, -0.2) is 44.7 Å². The fourth-order valence-corrected chi connectivity index (χ4v) is 2.35. The average Bonchev–Trinajstić information content (AvgIpc) is 2.74. The number of para-hydroxylation sites is 1. The number of likely N-dealkylation sites (tertiary alicyclic amines) is 1. The number of hydrogen-bond donors (Lipinski definition) is 1. The van der Waals surface area contributed by atoms with Gasteiger partial charge in [0.15, 0.2) is 11.5 Å². The molecule has 1 N–H and O–H groups in total. The van der Waals surface area contributed by atoms with Crippen molar-refractivity contribution in [3.05, 3.63) is 23.8 Å². The number of methoxy groups -OCH3 is 2. The Morgan fingerprint density at radius 2 is 2.16 bits per heavy atom. The van der Waals surface area contributed by atoms with Crippen molar-refractivity contribution in [1.29, 1.82) is 0 Å². The van der Waals surface area contributed by atoms with Crippen molar-refractivity contribution in [2.75, 3.05) is 27.8 Å². The molecule has 5 nitrogen and oxygen atoms in total. The fraction of sp³-hybridized carbons (Fsp3) is 0.500. The first-order valence-electron chi connectivity index (χ1n) is 6.33. The molecule has 1 saturated heterocycles. The fourth-order valence-electron chi connectivity index (χ4n) is 2.35. The van der Waals surface area contributed by atoms with E-state index in [9.17, 15) is 4.79 Å². The topological polar surface area (TPSA) is 50.8 Å². The SMILES string of the molecule is COc1cccc(CN[C@@H]2CC(=O)N(C)C2)c1OC. The maximum absolute atomic E-state index is 11.5. The number of amides is 1. The molecule has 1 amide bonds. The lowest BCUT2D eigenvalue weighted by atomic mass is 10.1. The second-order valence-electron chi connectivity index (χ2n) is 4.71. The number of carbonyl (C=O) groups is 1. The molecule has 0 radical (unpaired) electrons. The van der Waals surface area contributed by atoms with Gasteiger partial charge in [0.05, 0.1) is 14.2 Å². The minimum Gasteiger partial charge on any atom is -0.493 e. The lowest BCUT2D eigenvalue weighted by Gasteiger charge is -2.16. The third-order valence-electron chi connectivity index (χ3n) is 3.41. The summed E-state index contributed by atoms with van der Waals surface area (Å²) in [7, 11) is 5.09. The lowest BCUT2D eigenvalue weighted by Crippen LogP contribution is -2.31. The van der Waals surface area contributed by atoms with Gasteiger partial charge in [-0.1, -0.05) is 12.1 Å². The molecule has 1 aliphatic heterocycles. The zero-order chi connectivity index (χ0) is 13.8. The zero-order valence-corrected chi connectivity index (χ0v) is 11.6. The van der Waals surface area contributed by atoms with Crippen LogP contribution < -0.4 is 14.8 Å². The largest absolute Gasteiger partial charge is 0.493 e. The molecular weight excluding hydrogens is 244 g/mol. The van der Waals surface area contributed by atoms with E-state index >= 15 is 0 Å². The minimum atomic E-state index is 0.190. The van der Waals surface area contributed by atoms with E-state index in [-0.39, 0.29) is 11.9 Å². The summed E-state index contributed by atoms with van der Waals surface area (Å²) in [5.41, 5.74) is 1.03. The van der Waals surface area contributed by atoms with Gasteiger partial charge in [0.25, 0.3) is 0 Å². The van der Waals surface area contributed by atoms with E-state index in [0.717, 1.165) is 23.6 Å². The van der Waals surface area contributed by atoms with E-state index in [4.69, 9.17) is 9.47 Å². The highest BCUT2D eigenvalue weighted by atomic mass is 16.5. The van der Waals surface area contributed by atoms with Crippen molar-refractivity contribution in [2.45, 2.75) is 19.0 Å². The standard InChI is InChI=1S/C14H20N2O3/c1-16-9-11(7-13(16)17)15-8-10-5-4-6-12(18-2)14(10)19-3/h4-6,11,15H,7-9H2,1-3H3/t11-/m1/s1. The highest BCUT2D eigenvalue weighted by Gasteiger charge is 2.26. The summed E-state index contributed by atoms with van der Waals surface area (Å²) in [6.07, 6.45) is 0.558. The van der Waals surface area contributed by atoms with Crippen LogP contribution in [-0.2, 0) is 11.3 Å². The predicted octanol–water partition coefficient (Wildman–Crippen LogP) is 1.02. The molecule has 0 bridgehead atoms. The second kappa shape index (κ2) is 5.93. The first kappa shape index (κ1) is 13.7. The molecule has 104 valence electrons. The van der Waals surface area contributed by atoms with Gasteiger partial charge >= 0.3 is 0 Å². The number of likely N-dealkylation sites (N-methyl/N-ethyl adjacent to an activating group) is 1. The van der Waals surface area contributed by atoms with Gasteiger partial charge < -0.3 is 19.7 Å². The smallest absolute Gasteiger partial charge is 0.224 e. The maximum atomic E-state index is 11.5. The van der Waals surface area contributed by atoms with Gasteiger partial charge in [-0.3, -0.25) is 4.79 Å². The van der Waals surface area contributed by atoms with Crippen molar-refractivity contribution in [3.63, 3.8) is 0 Å². The van der Waals surface area contributed by atoms with Crippen LogP contribution in [0.2, 0.25) is 0 Å². The molecule has 1 aliphatic rings. The van der Waals surface area contributed by atoms with Crippen LogP contribution in [0.4, 0.5) is 0 Å². The molecular formula is C14H20N2O3. The minimum absolute atomic E-state index is 0.190. The summed E-state index contributed by atoms with van der Waals surface area (Å²) < 4.78 is 10.7. The number of nitrogens with one attached hydrogen (secondary N) is 1. The Hall–Kier alpha value is -1.75. The predicted molar refractivity (Wildman–Crippen MR) is 72.4 cm³/mol. The van der Waals surface area contributed by atoms with Crippen LogP contribution in [0.15, 0.2) is 18.2 Å². The molecule has 0 saturated carbocycles. The summed E-state index contributed by atoms with van der Waals surface area (Å²) in [6, 6.07) is 6.00. The maximum Gasteiger partial charge on any atom is 0.224 e. The zero-order valence-electron chi connectivity index (χ0n) is 11.6. The van der Waals surface area contributed by atoms with Crippen LogP contribution in [0.3, 0.4) is 0 Å². The Labute approximate surface area is 113 Å². The molecule has 2 rings (SSSR count). The van der Waals surface area contributed by atoms with Gasteiger partial charge in [-0.15, -0.1) is 0 Å². The van der Waals surface area contributed by atoms with E-state index in [1.165, 1.54) is 0 Å². The van der Waals surface area contributed by atoms with Gasteiger partial charge in [0.1, 0.15) is 0 Å². The van der Waals surface area contributed by atoms with Gasteiger partial charge in [0, 0.05) is 38.2 Å². The van der Waals surface area contributed by atoms with Crippen molar-refractivity contribution in [2.24, 2.45) is 0 Å². The Morgan fingerprint density at radius 1 is 1.37 bits per heavy atom. The van der Waals surface area contributed by atoms with Crippen LogP contribution in [0.1, 0.15) is 12.0 Å². The van der Waals surface area contributed by atoms with E-state index in [1.807, 2.05) is 25.2 Å².